The van der Waals surface area contributed by atoms with E-state index in [0.29, 0.717) is 19.3 Å². The summed E-state index contributed by atoms with van der Waals surface area (Å²) in [6.07, 6.45) is 49.5. The molecule has 1 unspecified atom stereocenters. The third kappa shape index (κ3) is 40.6. The standard InChI is InChI=1S/C48H84O6/c1-4-7-10-13-16-19-21-23-24-25-27-29-32-35-38-41-47(50)53-44-45(43-52-46(49)40-37-34-31-28-18-15-12-9-6-3)54-48(51)42-39-36-33-30-26-22-20-17-14-11-8-5-2/h7,10,16-17,19-20,23-24,45H,4-6,8-9,11-15,18,21-22,25-44H2,1-3H3/b10-7-,19-16-,20-17-,24-23-. The van der Waals surface area contributed by atoms with E-state index < -0.39 is 6.10 Å². The second-order valence-corrected chi connectivity index (χ2v) is 14.9. The van der Waals surface area contributed by atoms with Crippen molar-refractivity contribution in [2.75, 3.05) is 13.2 Å². The van der Waals surface area contributed by atoms with Crippen LogP contribution in [0.3, 0.4) is 0 Å². The van der Waals surface area contributed by atoms with Crippen LogP contribution in [0.2, 0.25) is 0 Å². The quantitative estimate of drug-likeness (QED) is 0.0268. The number of ether oxygens (including phenoxy) is 3. The molecule has 0 aromatic heterocycles. The molecule has 0 saturated carbocycles. The zero-order chi connectivity index (χ0) is 39.4. The maximum absolute atomic E-state index is 12.7. The van der Waals surface area contributed by atoms with Crippen molar-refractivity contribution < 1.29 is 28.6 Å². The number of carbonyl (C=O) groups excluding carboxylic acids is 3. The zero-order valence-electron chi connectivity index (χ0n) is 35.5. The Morgan fingerprint density at radius 1 is 0.389 bits per heavy atom. The molecule has 0 bridgehead atoms. The second-order valence-electron chi connectivity index (χ2n) is 14.9. The van der Waals surface area contributed by atoms with E-state index >= 15 is 0 Å². The van der Waals surface area contributed by atoms with Crippen LogP contribution >= 0.6 is 0 Å². The Morgan fingerprint density at radius 2 is 0.722 bits per heavy atom. The smallest absolute Gasteiger partial charge is 0.306 e. The Kier molecular flexibility index (Phi) is 41.0. The zero-order valence-corrected chi connectivity index (χ0v) is 35.5. The van der Waals surface area contributed by atoms with Gasteiger partial charge >= 0.3 is 17.9 Å². The predicted octanol–water partition coefficient (Wildman–Crippen LogP) is 14.4. The first-order chi connectivity index (χ1) is 26.5. The molecule has 312 valence electrons. The van der Waals surface area contributed by atoms with Crippen molar-refractivity contribution in [2.45, 2.75) is 226 Å². The molecule has 0 aliphatic carbocycles. The monoisotopic (exact) mass is 757 g/mol. The van der Waals surface area contributed by atoms with Crippen molar-refractivity contribution >= 4 is 17.9 Å². The highest BCUT2D eigenvalue weighted by Crippen LogP contribution is 2.13. The van der Waals surface area contributed by atoms with Gasteiger partial charge in [0.25, 0.3) is 0 Å². The van der Waals surface area contributed by atoms with Crippen LogP contribution in [-0.4, -0.2) is 37.2 Å². The molecule has 0 fully saturated rings. The van der Waals surface area contributed by atoms with Gasteiger partial charge in [0.1, 0.15) is 13.2 Å². The van der Waals surface area contributed by atoms with Gasteiger partial charge in [-0.3, -0.25) is 14.4 Å². The molecular weight excluding hydrogens is 673 g/mol. The fourth-order valence-electron chi connectivity index (χ4n) is 6.16. The maximum Gasteiger partial charge on any atom is 0.306 e. The molecule has 0 rings (SSSR count). The lowest BCUT2D eigenvalue weighted by Crippen LogP contribution is -2.30. The minimum atomic E-state index is -0.779. The highest BCUT2D eigenvalue weighted by atomic mass is 16.6. The van der Waals surface area contributed by atoms with E-state index in [1.165, 1.54) is 70.6 Å². The normalized spacial score (nSPS) is 12.4. The van der Waals surface area contributed by atoms with Gasteiger partial charge < -0.3 is 14.2 Å². The van der Waals surface area contributed by atoms with Gasteiger partial charge in [-0.05, 0) is 77.0 Å². The topological polar surface area (TPSA) is 78.9 Å². The molecule has 1 atom stereocenters. The molecule has 0 N–H and O–H groups in total. The summed E-state index contributed by atoms with van der Waals surface area (Å²) in [6, 6.07) is 0. The minimum absolute atomic E-state index is 0.0811. The predicted molar refractivity (Wildman–Crippen MR) is 229 cm³/mol. The SMILES string of the molecule is CC/C=C\C/C=C\C/C=C\CCCCCCCC(=O)OCC(COC(=O)CCCCCCCCCCC)OC(=O)CCCCCCC/C=C\CCCCC. The van der Waals surface area contributed by atoms with Crippen molar-refractivity contribution in [1.29, 1.82) is 0 Å². The van der Waals surface area contributed by atoms with E-state index in [1.807, 2.05) is 0 Å². The van der Waals surface area contributed by atoms with E-state index in [1.54, 1.807) is 0 Å². The lowest BCUT2D eigenvalue weighted by Gasteiger charge is -2.18. The van der Waals surface area contributed by atoms with E-state index in [9.17, 15) is 14.4 Å². The number of hydrogen-bond donors (Lipinski definition) is 0. The highest BCUT2D eigenvalue weighted by Gasteiger charge is 2.19. The Bertz CT molecular complexity index is 964. The summed E-state index contributed by atoms with van der Waals surface area (Å²) < 4.78 is 16.7. The fraction of sp³-hybridized carbons (Fsp3) is 0.771. The molecular formula is C48H84O6. The minimum Gasteiger partial charge on any atom is -0.462 e. The lowest BCUT2D eigenvalue weighted by molar-refractivity contribution is -0.167. The molecule has 6 heteroatoms. The van der Waals surface area contributed by atoms with Crippen LogP contribution < -0.4 is 0 Å². The van der Waals surface area contributed by atoms with E-state index in [4.69, 9.17) is 14.2 Å². The molecule has 0 heterocycles. The van der Waals surface area contributed by atoms with Gasteiger partial charge in [0.15, 0.2) is 6.10 Å². The number of esters is 3. The number of allylic oxidation sites excluding steroid dienone is 8. The van der Waals surface area contributed by atoms with Crippen molar-refractivity contribution in [1.82, 2.24) is 0 Å². The summed E-state index contributed by atoms with van der Waals surface area (Å²) in [4.78, 5) is 37.7. The first-order valence-corrected chi connectivity index (χ1v) is 22.6. The highest BCUT2D eigenvalue weighted by molar-refractivity contribution is 5.71. The number of hydrogen-bond acceptors (Lipinski definition) is 6. The number of unbranched alkanes of at least 4 members (excludes halogenated alkanes) is 21. The summed E-state index contributed by atoms with van der Waals surface area (Å²) >= 11 is 0. The first kappa shape index (κ1) is 51.4. The van der Waals surface area contributed by atoms with E-state index in [2.05, 4.69) is 69.4 Å². The van der Waals surface area contributed by atoms with Crippen molar-refractivity contribution in [3.63, 3.8) is 0 Å². The molecule has 0 aromatic rings. The maximum atomic E-state index is 12.7. The van der Waals surface area contributed by atoms with Gasteiger partial charge in [0, 0.05) is 19.3 Å². The van der Waals surface area contributed by atoms with Crippen LogP contribution in [0.1, 0.15) is 220 Å². The fourth-order valence-corrected chi connectivity index (χ4v) is 6.16. The Hall–Kier alpha value is -2.63. The van der Waals surface area contributed by atoms with Gasteiger partial charge in [-0.25, -0.2) is 0 Å². The van der Waals surface area contributed by atoms with Crippen LogP contribution in [0.25, 0.3) is 0 Å². The molecule has 0 aliphatic heterocycles. The van der Waals surface area contributed by atoms with Crippen LogP contribution in [0, 0.1) is 0 Å². The molecule has 0 amide bonds. The van der Waals surface area contributed by atoms with Gasteiger partial charge in [0.2, 0.25) is 0 Å². The molecule has 0 saturated heterocycles. The van der Waals surface area contributed by atoms with Gasteiger partial charge in [0.05, 0.1) is 0 Å². The third-order valence-corrected chi connectivity index (χ3v) is 9.57. The van der Waals surface area contributed by atoms with Crippen LogP contribution in [-0.2, 0) is 28.6 Å². The number of carbonyl (C=O) groups is 3. The number of rotatable bonds is 40. The molecule has 54 heavy (non-hydrogen) atoms. The summed E-state index contributed by atoms with van der Waals surface area (Å²) in [7, 11) is 0. The first-order valence-electron chi connectivity index (χ1n) is 22.6. The summed E-state index contributed by atoms with van der Waals surface area (Å²) in [5, 5.41) is 0. The molecule has 0 radical (unpaired) electrons. The average molecular weight is 757 g/mol. The Morgan fingerprint density at radius 3 is 1.19 bits per heavy atom. The Balaban J connectivity index is 4.39. The largest absolute Gasteiger partial charge is 0.462 e. The van der Waals surface area contributed by atoms with Gasteiger partial charge in [-0.1, -0.05) is 172 Å². The van der Waals surface area contributed by atoms with Crippen molar-refractivity contribution in [2.24, 2.45) is 0 Å². The van der Waals surface area contributed by atoms with Gasteiger partial charge in [-0.2, -0.15) is 0 Å². The third-order valence-electron chi connectivity index (χ3n) is 9.57. The summed E-state index contributed by atoms with van der Waals surface area (Å²) in [6.45, 7) is 6.45. The molecule has 0 spiro atoms. The van der Waals surface area contributed by atoms with Crippen LogP contribution in [0.4, 0.5) is 0 Å². The summed E-state index contributed by atoms with van der Waals surface area (Å²) in [5.41, 5.74) is 0. The van der Waals surface area contributed by atoms with Crippen LogP contribution in [0.5, 0.6) is 0 Å². The molecule has 6 nitrogen and oxygen atoms in total. The average Bonchev–Trinajstić information content (AvgIpc) is 3.17. The van der Waals surface area contributed by atoms with E-state index in [0.717, 1.165) is 109 Å². The van der Waals surface area contributed by atoms with Crippen LogP contribution in [0.15, 0.2) is 48.6 Å². The van der Waals surface area contributed by atoms with Crippen molar-refractivity contribution in [3.05, 3.63) is 48.6 Å². The van der Waals surface area contributed by atoms with Gasteiger partial charge in [-0.15, -0.1) is 0 Å². The summed E-state index contributed by atoms with van der Waals surface area (Å²) in [5.74, 6) is -0.912. The van der Waals surface area contributed by atoms with E-state index in [-0.39, 0.29) is 31.1 Å². The molecule has 0 aromatic carbocycles. The molecule has 0 aliphatic rings. The Labute approximate surface area is 333 Å². The van der Waals surface area contributed by atoms with Crippen molar-refractivity contribution in [3.8, 4) is 0 Å². The second kappa shape index (κ2) is 43.1. The lowest BCUT2D eigenvalue weighted by atomic mass is 10.1.